The maximum absolute atomic E-state index is 11.4. The summed E-state index contributed by atoms with van der Waals surface area (Å²) in [6.45, 7) is 2.76. The fraction of sp³-hybridized carbons (Fsp3) is 0.875. The number of nitriles is 1. The summed E-state index contributed by atoms with van der Waals surface area (Å²) in [5, 5.41) is 17.1. The molecular weight excluding hydrogens is 236 g/mol. The predicted octanol–water partition coefficient (Wildman–Crippen LogP) is -0.0681. The van der Waals surface area contributed by atoms with E-state index in [1.807, 2.05) is 6.26 Å². The van der Waals surface area contributed by atoms with Crippen LogP contribution in [0.3, 0.4) is 0 Å². The molecule has 2 N–H and O–H groups in total. The third kappa shape index (κ3) is 5.37. The quantitative estimate of drug-likeness (QED) is 0.690. The first-order valence-electron chi connectivity index (χ1n) is 4.34. The number of aliphatic hydroxyl groups is 1. The Morgan fingerprint density at radius 3 is 2.60 bits per heavy atom. The summed E-state index contributed by atoms with van der Waals surface area (Å²) in [5.41, 5.74) is -1.10. The van der Waals surface area contributed by atoms with Gasteiger partial charge in [0.15, 0.2) is 5.25 Å². The van der Waals surface area contributed by atoms with E-state index in [0.717, 1.165) is 0 Å². The lowest BCUT2D eigenvalue weighted by Crippen LogP contribution is -2.44. The lowest BCUT2D eigenvalue weighted by molar-refractivity contribution is 0.0908. The summed E-state index contributed by atoms with van der Waals surface area (Å²) in [6, 6.07) is 1.64. The Morgan fingerprint density at radius 1 is 1.67 bits per heavy atom. The summed E-state index contributed by atoms with van der Waals surface area (Å²) in [6.07, 6.45) is 1.82. The van der Waals surface area contributed by atoms with Crippen LogP contribution in [0.25, 0.3) is 0 Å². The van der Waals surface area contributed by atoms with Crippen LogP contribution in [0.5, 0.6) is 0 Å². The molecule has 2 atom stereocenters. The second-order valence-corrected chi connectivity index (χ2v) is 6.52. The highest BCUT2D eigenvalue weighted by molar-refractivity contribution is 7.98. The van der Waals surface area contributed by atoms with Crippen LogP contribution in [0.1, 0.15) is 13.8 Å². The minimum Gasteiger partial charge on any atom is -0.388 e. The first-order valence-corrected chi connectivity index (χ1v) is 7.28. The van der Waals surface area contributed by atoms with Crippen molar-refractivity contribution in [3.05, 3.63) is 0 Å². The Labute approximate surface area is 94.9 Å². The molecule has 0 aliphatic heterocycles. The number of nitrogens with zero attached hydrogens (tertiary/aromatic N) is 1. The standard InChI is InChI=1S/C8H16N2O3S2/c1-7(4-9)15(12,13)10-5-8(2,11)6-14-3/h7,10-11H,5-6H2,1-3H3. The van der Waals surface area contributed by atoms with Gasteiger partial charge in [0, 0.05) is 12.3 Å². The Kier molecular flexibility index (Phi) is 5.59. The zero-order chi connectivity index (χ0) is 12.1. The zero-order valence-corrected chi connectivity index (χ0v) is 10.7. The van der Waals surface area contributed by atoms with Crippen molar-refractivity contribution < 1.29 is 13.5 Å². The van der Waals surface area contributed by atoms with Gasteiger partial charge >= 0.3 is 0 Å². The molecule has 0 radical (unpaired) electrons. The molecule has 0 rings (SSSR count). The van der Waals surface area contributed by atoms with Gasteiger partial charge in [-0.3, -0.25) is 0 Å². The van der Waals surface area contributed by atoms with Crippen LogP contribution in [0, 0.1) is 11.3 Å². The van der Waals surface area contributed by atoms with E-state index in [9.17, 15) is 13.5 Å². The molecule has 2 unspecified atom stereocenters. The molecule has 0 bridgehead atoms. The molecule has 0 fully saturated rings. The highest BCUT2D eigenvalue weighted by atomic mass is 32.2. The molecule has 0 saturated heterocycles. The number of thioether (sulfide) groups is 1. The summed E-state index contributed by atoms with van der Waals surface area (Å²) in [5.74, 6) is 0.427. The van der Waals surface area contributed by atoms with Crippen LogP contribution < -0.4 is 4.72 Å². The topological polar surface area (TPSA) is 90.2 Å². The van der Waals surface area contributed by atoms with Crippen molar-refractivity contribution in [3.8, 4) is 6.07 Å². The summed E-state index contributed by atoms with van der Waals surface area (Å²) >= 11 is 1.42. The van der Waals surface area contributed by atoms with Crippen molar-refractivity contribution in [3.63, 3.8) is 0 Å². The lowest BCUT2D eigenvalue weighted by atomic mass is 10.1. The summed E-state index contributed by atoms with van der Waals surface area (Å²) in [4.78, 5) is 0. The smallest absolute Gasteiger partial charge is 0.227 e. The molecule has 0 amide bonds. The van der Waals surface area contributed by atoms with Crippen LogP contribution in [0.4, 0.5) is 0 Å². The van der Waals surface area contributed by atoms with Crippen molar-refractivity contribution in [2.45, 2.75) is 24.7 Å². The first kappa shape index (κ1) is 14.7. The third-order valence-electron chi connectivity index (χ3n) is 1.76. The maximum atomic E-state index is 11.4. The summed E-state index contributed by atoms with van der Waals surface area (Å²) in [7, 11) is -3.64. The SMILES string of the molecule is CSCC(C)(O)CNS(=O)(=O)C(C)C#N. The van der Waals surface area contributed by atoms with E-state index in [2.05, 4.69) is 4.72 Å². The third-order valence-corrected chi connectivity index (χ3v) is 4.25. The molecule has 88 valence electrons. The van der Waals surface area contributed by atoms with Crippen LogP contribution in [0.2, 0.25) is 0 Å². The maximum Gasteiger partial charge on any atom is 0.227 e. The first-order chi connectivity index (χ1) is 6.75. The molecule has 0 heterocycles. The average molecular weight is 252 g/mol. The van der Waals surface area contributed by atoms with E-state index in [0.29, 0.717) is 5.75 Å². The lowest BCUT2D eigenvalue weighted by Gasteiger charge is -2.22. The van der Waals surface area contributed by atoms with Crippen LogP contribution in [-0.4, -0.2) is 42.9 Å². The second-order valence-electron chi connectivity index (χ2n) is 3.57. The predicted molar refractivity (Wildman–Crippen MR) is 61.0 cm³/mol. The molecule has 0 spiro atoms. The van der Waals surface area contributed by atoms with Gasteiger partial charge < -0.3 is 5.11 Å². The zero-order valence-electron chi connectivity index (χ0n) is 9.02. The van der Waals surface area contributed by atoms with Gasteiger partial charge in [-0.1, -0.05) is 0 Å². The van der Waals surface area contributed by atoms with E-state index >= 15 is 0 Å². The molecule has 15 heavy (non-hydrogen) atoms. The number of hydrogen-bond acceptors (Lipinski definition) is 5. The van der Waals surface area contributed by atoms with E-state index in [-0.39, 0.29) is 6.54 Å². The molecule has 0 saturated carbocycles. The fourth-order valence-electron chi connectivity index (χ4n) is 0.812. The normalized spacial score (nSPS) is 17.8. The Balaban J connectivity index is 4.35. The Hall–Kier alpha value is -0.290. The van der Waals surface area contributed by atoms with Crippen molar-refractivity contribution in [1.29, 1.82) is 5.26 Å². The fourth-order valence-corrected chi connectivity index (χ4v) is 2.44. The van der Waals surface area contributed by atoms with Gasteiger partial charge in [0.1, 0.15) is 0 Å². The minimum absolute atomic E-state index is 0.0812. The molecule has 0 aliphatic rings. The molecule has 7 heteroatoms. The minimum atomic E-state index is -3.64. The monoisotopic (exact) mass is 252 g/mol. The Morgan fingerprint density at radius 2 is 2.20 bits per heavy atom. The van der Waals surface area contributed by atoms with Crippen molar-refractivity contribution >= 4 is 21.8 Å². The van der Waals surface area contributed by atoms with Crippen molar-refractivity contribution in [2.24, 2.45) is 0 Å². The van der Waals surface area contributed by atoms with Gasteiger partial charge in [0.25, 0.3) is 0 Å². The van der Waals surface area contributed by atoms with Crippen molar-refractivity contribution in [1.82, 2.24) is 4.72 Å². The van der Waals surface area contributed by atoms with Gasteiger partial charge in [0.2, 0.25) is 10.0 Å². The number of hydrogen-bond donors (Lipinski definition) is 2. The largest absolute Gasteiger partial charge is 0.388 e. The van der Waals surface area contributed by atoms with Crippen LogP contribution in [0.15, 0.2) is 0 Å². The van der Waals surface area contributed by atoms with E-state index < -0.39 is 20.9 Å². The highest BCUT2D eigenvalue weighted by Crippen LogP contribution is 2.10. The van der Waals surface area contributed by atoms with Gasteiger partial charge in [-0.15, -0.1) is 0 Å². The molecule has 0 aromatic heterocycles. The van der Waals surface area contributed by atoms with Crippen LogP contribution >= 0.6 is 11.8 Å². The molecule has 0 aliphatic carbocycles. The molecule has 0 aromatic rings. The highest BCUT2D eigenvalue weighted by Gasteiger charge is 2.25. The number of nitrogens with one attached hydrogen (secondary N) is 1. The summed E-state index contributed by atoms with van der Waals surface area (Å²) < 4.78 is 24.9. The number of rotatable bonds is 6. The van der Waals surface area contributed by atoms with Gasteiger partial charge in [-0.25, -0.2) is 13.1 Å². The van der Waals surface area contributed by atoms with E-state index in [1.165, 1.54) is 18.7 Å². The van der Waals surface area contributed by atoms with Gasteiger partial charge in [0.05, 0.1) is 11.7 Å². The van der Waals surface area contributed by atoms with Crippen molar-refractivity contribution in [2.75, 3.05) is 18.6 Å². The molecule has 0 aromatic carbocycles. The van der Waals surface area contributed by atoms with E-state index in [1.54, 1.807) is 13.0 Å². The second kappa shape index (κ2) is 5.70. The Bertz CT molecular complexity index is 332. The molecular formula is C8H16N2O3S2. The van der Waals surface area contributed by atoms with E-state index in [4.69, 9.17) is 5.26 Å². The average Bonchev–Trinajstić information content (AvgIpc) is 2.14. The van der Waals surface area contributed by atoms with Gasteiger partial charge in [-0.05, 0) is 20.1 Å². The van der Waals surface area contributed by atoms with Crippen LogP contribution in [-0.2, 0) is 10.0 Å². The number of sulfonamides is 1. The molecule has 5 nitrogen and oxygen atoms in total. The van der Waals surface area contributed by atoms with Gasteiger partial charge in [-0.2, -0.15) is 17.0 Å².